The fourth-order valence-corrected chi connectivity index (χ4v) is 1.57. The predicted molar refractivity (Wildman–Crippen MR) is 65.2 cm³/mol. The third-order valence-corrected chi connectivity index (χ3v) is 2.36. The highest BCUT2D eigenvalue weighted by Crippen LogP contribution is 2.20. The number of hydrogen-bond donors (Lipinski definition) is 2. The zero-order valence-electron chi connectivity index (χ0n) is 10.6. The average Bonchev–Trinajstić information content (AvgIpc) is 2.35. The van der Waals surface area contributed by atoms with E-state index in [1.54, 1.807) is 20.3 Å². The Morgan fingerprint density at radius 3 is 2.71 bits per heavy atom. The van der Waals surface area contributed by atoms with Crippen LogP contribution in [0.15, 0.2) is 6.07 Å². The molecule has 6 nitrogen and oxygen atoms in total. The Morgan fingerprint density at radius 2 is 2.18 bits per heavy atom. The van der Waals surface area contributed by atoms with Gasteiger partial charge in [0, 0.05) is 20.3 Å². The summed E-state index contributed by atoms with van der Waals surface area (Å²) < 4.78 is 10.4. The summed E-state index contributed by atoms with van der Waals surface area (Å²) in [5.74, 6) is 6.58. The summed E-state index contributed by atoms with van der Waals surface area (Å²) in [5.41, 5.74) is 3.31. The van der Waals surface area contributed by atoms with Gasteiger partial charge in [-0.05, 0) is 6.42 Å². The van der Waals surface area contributed by atoms with Crippen LogP contribution in [-0.4, -0.2) is 24.2 Å². The Balaban J connectivity index is 2.99. The highest BCUT2D eigenvalue weighted by molar-refractivity contribution is 5.34. The van der Waals surface area contributed by atoms with Crippen LogP contribution in [0.5, 0.6) is 0 Å². The molecule has 0 saturated carbocycles. The first kappa shape index (κ1) is 13.8. The van der Waals surface area contributed by atoms with E-state index in [2.05, 4.69) is 22.3 Å². The maximum atomic E-state index is 5.38. The van der Waals surface area contributed by atoms with E-state index in [0.717, 1.165) is 18.5 Å². The van der Waals surface area contributed by atoms with Crippen LogP contribution in [0.4, 0.5) is 5.82 Å². The molecule has 1 aromatic rings. The van der Waals surface area contributed by atoms with Gasteiger partial charge in [0.1, 0.15) is 11.9 Å². The lowest BCUT2D eigenvalue weighted by Crippen LogP contribution is -2.14. The molecular weight excluding hydrogens is 220 g/mol. The molecule has 6 heteroatoms. The Bertz CT molecular complexity index is 346. The molecule has 0 saturated heterocycles. The van der Waals surface area contributed by atoms with E-state index in [1.165, 1.54) is 0 Å². The van der Waals surface area contributed by atoms with E-state index in [0.29, 0.717) is 18.2 Å². The molecule has 3 N–H and O–H groups in total. The molecule has 17 heavy (non-hydrogen) atoms. The van der Waals surface area contributed by atoms with Crippen LogP contribution in [0.25, 0.3) is 0 Å². The Kier molecular flexibility index (Phi) is 5.82. The lowest BCUT2D eigenvalue weighted by atomic mass is 10.2. The zero-order chi connectivity index (χ0) is 12.7. The smallest absolute Gasteiger partial charge is 0.159 e. The topological polar surface area (TPSA) is 82.3 Å². The molecule has 0 aromatic carbocycles. The normalized spacial score (nSPS) is 12.5. The average molecular weight is 240 g/mol. The Morgan fingerprint density at radius 1 is 1.41 bits per heavy atom. The number of nitrogens with zero attached hydrogens (tertiary/aromatic N) is 2. The zero-order valence-corrected chi connectivity index (χ0v) is 10.6. The molecule has 0 bridgehead atoms. The summed E-state index contributed by atoms with van der Waals surface area (Å²) in [7, 11) is 3.28. The van der Waals surface area contributed by atoms with Gasteiger partial charge >= 0.3 is 0 Å². The first-order chi connectivity index (χ1) is 8.24. The standard InChI is InChI=1S/C11H20N4O2/c1-4-5-9(17-3)11-13-8(7-16-2)6-10(14-11)15-12/h6,9H,4-5,7,12H2,1-3H3,(H,13,14,15). The number of rotatable bonds is 7. The second-order valence-electron chi connectivity index (χ2n) is 3.69. The molecule has 0 amide bonds. The van der Waals surface area contributed by atoms with Crippen molar-refractivity contribution in [3.8, 4) is 0 Å². The fraction of sp³-hybridized carbons (Fsp3) is 0.636. The summed E-state index contributed by atoms with van der Waals surface area (Å²) in [6.07, 6.45) is 1.77. The van der Waals surface area contributed by atoms with Crippen molar-refractivity contribution in [2.45, 2.75) is 32.5 Å². The van der Waals surface area contributed by atoms with Gasteiger partial charge in [0.25, 0.3) is 0 Å². The Labute approximate surface area is 102 Å². The van der Waals surface area contributed by atoms with Crippen molar-refractivity contribution in [1.29, 1.82) is 0 Å². The van der Waals surface area contributed by atoms with Crippen LogP contribution in [0.1, 0.15) is 37.4 Å². The molecular formula is C11H20N4O2. The molecule has 1 heterocycles. The first-order valence-electron chi connectivity index (χ1n) is 5.61. The molecule has 0 spiro atoms. The van der Waals surface area contributed by atoms with Gasteiger partial charge in [-0.25, -0.2) is 15.8 Å². The van der Waals surface area contributed by atoms with E-state index < -0.39 is 0 Å². The van der Waals surface area contributed by atoms with Crippen molar-refractivity contribution < 1.29 is 9.47 Å². The second kappa shape index (κ2) is 7.16. The number of aromatic nitrogens is 2. The predicted octanol–water partition coefficient (Wildman–Crippen LogP) is 1.40. The third-order valence-electron chi connectivity index (χ3n) is 2.36. The number of hydrogen-bond acceptors (Lipinski definition) is 6. The van der Waals surface area contributed by atoms with Crippen molar-refractivity contribution in [2.24, 2.45) is 5.84 Å². The minimum atomic E-state index is -0.107. The van der Waals surface area contributed by atoms with Gasteiger partial charge in [0.15, 0.2) is 5.82 Å². The van der Waals surface area contributed by atoms with Crippen molar-refractivity contribution in [2.75, 3.05) is 19.6 Å². The summed E-state index contributed by atoms with van der Waals surface area (Å²) in [5, 5.41) is 0. The molecule has 0 radical (unpaired) electrons. The van der Waals surface area contributed by atoms with E-state index in [-0.39, 0.29) is 6.10 Å². The van der Waals surface area contributed by atoms with Gasteiger partial charge in [0.2, 0.25) is 0 Å². The maximum Gasteiger partial charge on any atom is 0.159 e. The number of nitrogens with one attached hydrogen (secondary N) is 1. The first-order valence-corrected chi connectivity index (χ1v) is 5.61. The molecule has 0 aliphatic rings. The molecule has 1 aromatic heterocycles. The number of nitrogen functional groups attached to an aromatic ring is 1. The fourth-order valence-electron chi connectivity index (χ4n) is 1.57. The molecule has 0 aliphatic carbocycles. The molecule has 1 rings (SSSR count). The summed E-state index contributed by atoms with van der Waals surface area (Å²) >= 11 is 0. The number of anilines is 1. The largest absolute Gasteiger partial charge is 0.378 e. The molecule has 1 unspecified atom stereocenters. The molecule has 96 valence electrons. The number of hydrazine groups is 1. The number of nitrogens with two attached hydrogens (primary N) is 1. The van der Waals surface area contributed by atoms with E-state index in [9.17, 15) is 0 Å². The van der Waals surface area contributed by atoms with Crippen LogP contribution in [0.2, 0.25) is 0 Å². The van der Waals surface area contributed by atoms with E-state index in [1.807, 2.05) is 0 Å². The highest BCUT2D eigenvalue weighted by Gasteiger charge is 2.14. The molecule has 1 atom stereocenters. The van der Waals surface area contributed by atoms with Crippen LogP contribution < -0.4 is 11.3 Å². The number of methoxy groups -OCH3 is 2. The van der Waals surface area contributed by atoms with Gasteiger partial charge in [-0.1, -0.05) is 13.3 Å². The summed E-state index contributed by atoms with van der Waals surface area (Å²) in [6, 6.07) is 1.76. The van der Waals surface area contributed by atoms with Crippen molar-refractivity contribution in [3.63, 3.8) is 0 Å². The lowest BCUT2D eigenvalue weighted by Gasteiger charge is -2.15. The monoisotopic (exact) mass is 240 g/mol. The quantitative estimate of drug-likeness (QED) is 0.553. The van der Waals surface area contributed by atoms with Crippen LogP contribution in [-0.2, 0) is 16.1 Å². The maximum absolute atomic E-state index is 5.38. The van der Waals surface area contributed by atoms with Crippen molar-refractivity contribution in [3.05, 3.63) is 17.6 Å². The SMILES string of the molecule is CCCC(OC)c1nc(COC)cc(NN)n1. The van der Waals surface area contributed by atoms with E-state index in [4.69, 9.17) is 15.3 Å². The van der Waals surface area contributed by atoms with E-state index >= 15 is 0 Å². The summed E-state index contributed by atoms with van der Waals surface area (Å²) in [6.45, 7) is 2.51. The minimum absolute atomic E-state index is 0.107. The Hall–Kier alpha value is -1.24. The number of ether oxygens (including phenoxy) is 2. The van der Waals surface area contributed by atoms with Gasteiger partial charge in [-0.2, -0.15) is 0 Å². The van der Waals surface area contributed by atoms with Crippen LogP contribution >= 0.6 is 0 Å². The van der Waals surface area contributed by atoms with Crippen LogP contribution in [0, 0.1) is 0 Å². The van der Waals surface area contributed by atoms with Crippen LogP contribution in [0.3, 0.4) is 0 Å². The second-order valence-corrected chi connectivity index (χ2v) is 3.69. The minimum Gasteiger partial charge on any atom is -0.378 e. The third kappa shape index (κ3) is 3.92. The van der Waals surface area contributed by atoms with Gasteiger partial charge in [-0.3, -0.25) is 0 Å². The highest BCUT2D eigenvalue weighted by atomic mass is 16.5. The van der Waals surface area contributed by atoms with Gasteiger partial charge < -0.3 is 14.9 Å². The van der Waals surface area contributed by atoms with Gasteiger partial charge in [0.05, 0.1) is 12.3 Å². The lowest BCUT2D eigenvalue weighted by molar-refractivity contribution is 0.0869. The van der Waals surface area contributed by atoms with Crippen molar-refractivity contribution in [1.82, 2.24) is 9.97 Å². The molecule has 0 fully saturated rings. The van der Waals surface area contributed by atoms with Gasteiger partial charge in [-0.15, -0.1) is 0 Å². The molecule has 0 aliphatic heterocycles. The summed E-state index contributed by atoms with van der Waals surface area (Å²) in [4.78, 5) is 8.70. The van der Waals surface area contributed by atoms with Crippen molar-refractivity contribution >= 4 is 5.82 Å².